The van der Waals surface area contributed by atoms with E-state index in [1.165, 1.54) is 7.11 Å². The number of fused-ring (bicyclic) bond motifs is 1. The minimum atomic E-state index is -0.832. The first kappa shape index (κ1) is 11.7. The van der Waals surface area contributed by atoms with Crippen LogP contribution in [0.15, 0.2) is 0 Å². The van der Waals surface area contributed by atoms with Gasteiger partial charge in [0.15, 0.2) is 6.10 Å². The molecule has 2 heterocycles. The van der Waals surface area contributed by atoms with E-state index >= 15 is 0 Å². The molecule has 7 heteroatoms. The molecule has 4 atom stereocenters. The molecule has 0 aromatic carbocycles. The van der Waals surface area contributed by atoms with Crippen molar-refractivity contribution in [3.05, 3.63) is 0 Å². The van der Waals surface area contributed by atoms with Gasteiger partial charge in [-0.1, -0.05) is 0 Å². The van der Waals surface area contributed by atoms with Crippen LogP contribution in [0.5, 0.6) is 0 Å². The Morgan fingerprint density at radius 1 is 1.25 bits per heavy atom. The van der Waals surface area contributed by atoms with Crippen LogP contribution in [0.1, 0.15) is 0 Å². The van der Waals surface area contributed by atoms with Crippen LogP contribution in [0.4, 0.5) is 0 Å². The van der Waals surface area contributed by atoms with Gasteiger partial charge < -0.3 is 28.8 Å². The van der Waals surface area contributed by atoms with Crippen LogP contribution in [0.2, 0.25) is 0 Å². The highest BCUT2D eigenvalue weighted by Crippen LogP contribution is 2.26. The largest absolute Gasteiger partial charge is 0.467 e. The van der Waals surface area contributed by atoms with E-state index < -0.39 is 30.4 Å². The molecule has 0 aromatic heterocycles. The quantitative estimate of drug-likeness (QED) is 0.590. The number of methoxy groups -OCH3 is 1. The molecule has 0 radical (unpaired) electrons. The van der Waals surface area contributed by atoms with Gasteiger partial charge in [0.1, 0.15) is 31.9 Å². The zero-order valence-corrected chi connectivity index (χ0v) is 8.83. The van der Waals surface area contributed by atoms with Gasteiger partial charge in [0.25, 0.3) is 0 Å². The number of ether oxygens (including phenoxy) is 5. The molecule has 16 heavy (non-hydrogen) atoms. The molecule has 0 aromatic rings. The lowest BCUT2D eigenvalue weighted by Gasteiger charge is -2.42. The van der Waals surface area contributed by atoms with E-state index in [1.807, 2.05) is 0 Å². The maximum Gasteiger partial charge on any atom is 0.337 e. The van der Waals surface area contributed by atoms with Gasteiger partial charge in [-0.25, -0.2) is 4.79 Å². The summed E-state index contributed by atoms with van der Waals surface area (Å²) >= 11 is 0. The maximum atomic E-state index is 11.4. The Balaban J connectivity index is 2.10. The highest BCUT2D eigenvalue weighted by molar-refractivity contribution is 5.75. The summed E-state index contributed by atoms with van der Waals surface area (Å²) in [7, 11) is 1.28. The monoisotopic (exact) mass is 234 g/mol. The predicted octanol–water partition coefficient (Wildman–Crippen LogP) is -1.37. The number of esters is 1. The molecule has 2 saturated heterocycles. The van der Waals surface area contributed by atoms with Crippen LogP contribution in [0.25, 0.3) is 0 Å². The molecule has 0 aliphatic carbocycles. The molecular formula is C9H14O7. The zero-order chi connectivity index (χ0) is 11.5. The van der Waals surface area contributed by atoms with Gasteiger partial charge in [-0.2, -0.15) is 0 Å². The van der Waals surface area contributed by atoms with Crippen molar-refractivity contribution < 1.29 is 33.6 Å². The number of aliphatic hydroxyl groups excluding tert-OH is 1. The number of carbonyl (C=O) groups excluding carboxylic acids is 1. The molecular weight excluding hydrogens is 220 g/mol. The van der Waals surface area contributed by atoms with Gasteiger partial charge in [-0.05, 0) is 0 Å². The van der Waals surface area contributed by atoms with Crippen LogP contribution < -0.4 is 0 Å². The van der Waals surface area contributed by atoms with E-state index in [0.717, 1.165) is 0 Å². The summed E-state index contributed by atoms with van der Waals surface area (Å²) in [5.41, 5.74) is 0. The minimum Gasteiger partial charge on any atom is -0.467 e. The molecule has 2 rings (SSSR count). The summed E-state index contributed by atoms with van der Waals surface area (Å²) < 4.78 is 25.4. The van der Waals surface area contributed by atoms with Gasteiger partial charge in [0.2, 0.25) is 0 Å². The molecule has 0 amide bonds. The van der Waals surface area contributed by atoms with Crippen LogP contribution in [-0.2, 0) is 28.5 Å². The lowest BCUT2D eigenvalue weighted by molar-refractivity contribution is -0.322. The third-order valence-electron chi connectivity index (χ3n) is 2.65. The van der Waals surface area contributed by atoms with Gasteiger partial charge >= 0.3 is 5.97 Å². The Bertz CT molecular complexity index is 256. The highest BCUT2D eigenvalue weighted by Gasteiger charge is 2.47. The van der Waals surface area contributed by atoms with Gasteiger partial charge in [0, 0.05) is 0 Å². The summed E-state index contributed by atoms with van der Waals surface area (Å²) in [5.74, 6) is -0.517. The lowest BCUT2D eigenvalue weighted by atomic mass is 10.0. The van der Waals surface area contributed by atoms with E-state index in [2.05, 4.69) is 4.74 Å². The summed E-state index contributed by atoms with van der Waals surface area (Å²) in [6, 6.07) is 0. The molecule has 0 saturated carbocycles. The molecule has 0 bridgehead atoms. The van der Waals surface area contributed by atoms with Crippen molar-refractivity contribution in [3.8, 4) is 0 Å². The molecule has 2 aliphatic rings. The van der Waals surface area contributed by atoms with E-state index in [9.17, 15) is 4.79 Å². The molecule has 2 fully saturated rings. The number of rotatable bonds is 2. The van der Waals surface area contributed by atoms with Gasteiger partial charge in [-0.15, -0.1) is 0 Å². The SMILES string of the molecule is COC(=O)C1OCOC2C(CO)OCOC12. The molecule has 7 nitrogen and oxygen atoms in total. The van der Waals surface area contributed by atoms with Crippen LogP contribution in [0, 0.1) is 0 Å². The summed E-state index contributed by atoms with van der Waals surface area (Å²) in [4.78, 5) is 11.4. The fraction of sp³-hybridized carbons (Fsp3) is 0.889. The van der Waals surface area contributed by atoms with Crippen LogP contribution in [-0.4, -0.2) is 62.8 Å². The Morgan fingerprint density at radius 2 is 1.94 bits per heavy atom. The van der Waals surface area contributed by atoms with Crippen molar-refractivity contribution in [3.63, 3.8) is 0 Å². The number of aliphatic hydroxyl groups is 1. The number of carbonyl (C=O) groups is 1. The molecule has 0 spiro atoms. The van der Waals surface area contributed by atoms with Crippen molar-refractivity contribution in [1.29, 1.82) is 0 Å². The highest BCUT2D eigenvalue weighted by atomic mass is 16.8. The third kappa shape index (κ3) is 2.04. The fourth-order valence-electron chi connectivity index (χ4n) is 1.83. The Labute approximate surface area is 92.2 Å². The molecule has 2 aliphatic heterocycles. The van der Waals surface area contributed by atoms with E-state index in [-0.39, 0.29) is 20.2 Å². The summed E-state index contributed by atoms with van der Waals surface area (Å²) in [6.45, 7) is -0.255. The minimum absolute atomic E-state index is 0.00733. The summed E-state index contributed by atoms with van der Waals surface area (Å²) in [6.07, 6.45) is -2.46. The Kier molecular flexibility index (Phi) is 3.72. The average molecular weight is 234 g/mol. The van der Waals surface area contributed by atoms with Crippen molar-refractivity contribution in [2.24, 2.45) is 0 Å². The smallest absolute Gasteiger partial charge is 0.337 e. The van der Waals surface area contributed by atoms with E-state index in [1.54, 1.807) is 0 Å². The first-order chi connectivity index (χ1) is 7.77. The fourth-order valence-corrected chi connectivity index (χ4v) is 1.83. The number of hydrogen-bond donors (Lipinski definition) is 1. The molecule has 4 unspecified atom stereocenters. The molecule has 92 valence electrons. The van der Waals surface area contributed by atoms with E-state index in [4.69, 9.17) is 24.1 Å². The summed E-state index contributed by atoms with van der Waals surface area (Å²) in [5, 5.41) is 9.09. The van der Waals surface area contributed by atoms with Crippen LogP contribution in [0.3, 0.4) is 0 Å². The number of hydrogen-bond acceptors (Lipinski definition) is 7. The van der Waals surface area contributed by atoms with Crippen molar-refractivity contribution in [2.45, 2.75) is 24.4 Å². The topological polar surface area (TPSA) is 83.5 Å². The lowest BCUT2D eigenvalue weighted by Crippen LogP contribution is -2.60. The van der Waals surface area contributed by atoms with Crippen molar-refractivity contribution in [2.75, 3.05) is 27.3 Å². The maximum absolute atomic E-state index is 11.4. The van der Waals surface area contributed by atoms with Crippen LogP contribution >= 0.6 is 0 Å². The molecule has 1 N–H and O–H groups in total. The zero-order valence-electron chi connectivity index (χ0n) is 8.83. The third-order valence-corrected chi connectivity index (χ3v) is 2.65. The van der Waals surface area contributed by atoms with Crippen molar-refractivity contribution >= 4 is 5.97 Å². The van der Waals surface area contributed by atoms with E-state index in [0.29, 0.717) is 0 Å². The Morgan fingerprint density at radius 3 is 2.62 bits per heavy atom. The first-order valence-electron chi connectivity index (χ1n) is 4.93. The second kappa shape index (κ2) is 5.07. The first-order valence-corrected chi connectivity index (χ1v) is 4.93. The van der Waals surface area contributed by atoms with Gasteiger partial charge in [0.05, 0.1) is 13.7 Å². The Hall–Kier alpha value is -0.730. The predicted molar refractivity (Wildman–Crippen MR) is 48.3 cm³/mol. The standard InChI is InChI=1S/C9H14O7/c1-12-9(11)8-7-6(14-4-16-8)5(2-10)13-3-15-7/h5-8,10H,2-4H2,1H3. The second-order valence-electron chi connectivity index (χ2n) is 3.50. The average Bonchev–Trinajstić information content (AvgIpc) is 2.36. The van der Waals surface area contributed by atoms with Crippen molar-refractivity contribution in [1.82, 2.24) is 0 Å². The second-order valence-corrected chi connectivity index (χ2v) is 3.50. The normalized spacial score (nSPS) is 38.9. The van der Waals surface area contributed by atoms with Gasteiger partial charge in [-0.3, -0.25) is 0 Å².